The number of hydrogen-bond donors (Lipinski definition) is 1. The van der Waals surface area contributed by atoms with Gasteiger partial charge in [0.25, 0.3) is 0 Å². The van der Waals surface area contributed by atoms with Crippen LogP contribution in [0.5, 0.6) is 0 Å². The molecule has 2 aliphatic heterocycles. The van der Waals surface area contributed by atoms with Gasteiger partial charge in [-0.05, 0) is 31.4 Å². The van der Waals surface area contributed by atoms with E-state index in [0.717, 1.165) is 18.4 Å². The van der Waals surface area contributed by atoms with Gasteiger partial charge in [0.2, 0.25) is 0 Å². The summed E-state index contributed by atoms with van der Waals surface area (Å²) in [6.07, 6.45) is 5.78. The zero-order valence-corrected chi connectivity index (χ0v) is 10.6. The first-order chi connectivity index (χ1) is 8.33. The van der Waals surface area contributed by atoms with Crippen molar-refractivity contribution in [2.24, 2.45) is 13.0 Å². The van der Waals surface area contributed by atoms with Gasteiger partial charge in [-0.3, -0.25) is 4.68 Å². The second kappa shape index (κ2) is 4.78. The Hall–Kier alpha value is -0.870. The molecule has 0 saturated carbocycles. The maximum Gasteiger partial charge on any atom is 0.0492 e. The fourth-order valence-corrected chi connectivity index (χ4v) is 3.24. The molecule has 0 bridgehead atoms. The van der Waals surface area contributed by atoms with E-state index in [2.05, 4.69) is 21.4 Å². The van der Waals surface area contributed by atoms with Crippen molar-refractivity contribution >= 4 is 0 Å². The maximum atomic E-state index is 4.22. The summed E-state index contributed by atoms with van der Waals surface area (Å²) in [7, 11) is 2.03. The molecule has 1 aromatic heterocycles. The molecule has 17 heavy (non-hydrogen) atoms. The maximum absolute atomic E-state index is 4.22. The van der Waals surface area contributed by atoms with Crippen LogP contribution in [0.25, 0.3) is 0 Å². The fraction of sp³-hybridized carbons (Fsp3) is 0.769. The minimum absolute atomic E-state index is 0.760. The largest absolute Gasteiger partial charge is 0.312 e. The van der Waals surface area contributed by atoms with Crippen molar-refractivity contribution in [2.45, 2.75) is 25.3 Å². The number of fused-ring (bicyclic) bond motifs is 1. The summed E-state index contributed by atoms with van der Waals surface area (Å²) in [6, 6.07) is 2.89. The summed E-state index contributed by atoms with van der Waals surface area (Å²) >= 11 is 0. The van der Waals surface area contributed by atoms with E-state index >= 15 is 0 Å². The molecule has 2 aliphatic rings. The molecule has 0 radical (unpaired) electrons. The number of piperidine rings is 1. The second-order valence-corrected chi connectivity index (χ2v) is 5.42. The molecule has 0 aromatic carbocycles. The van der Waals surface area contributed by atoms with Gasteiger partial charge in [0, 0.05) is 51.0 Å². The first kappa shape index (κ1) is 11.2. The van der Waals surface area contributed by atoms with E-state index in [9.17, 15) is 0 Å². The third kappa shape index (κ3) is 2.38. The van der Waals surface area contributed by atoms with Crippen LogP contribution in [0.15, 0.2) is 12.3 Å². The Morgan fingerprint density at radius 2 is 2.41 bits per heavy atom. The first-order valence-corrected chi connectivity index (χ1v) is 6.75. The average Bonchev–Trinajstić information content (AvgIpc) is 2.92. The van der Waals surface area contributed by atoms with Crippen LogP contribution in [0.3, 0.4) is 0 Å². The molecule has 4 nitrogen and oxygen atoms in total. The number of rotatable bonds is 3. The van der Waals surface area contributed by atoms with Gasteiger partial charge in [-0.15, -0.1) is 0 Å². The monoisotopic (exact) mass is 234 g/mol. The van der Waals surface area contributed by atoms with Gasteiger partial charge in [-0.25, -0.2) is 0 Å². The molecule has 94 valence electrons. The number of aryl methyl sites for hydroxylation is 1. The van der Waals surface area contributed by atoms with Gasteiger partial charge in [0.15, 0.2) is 0 Å². The zero-order chi connectivity index (χ0) is 11.7. The van der Waals surface area contributed by atoms with Crippen LogP contribution in [-0.4, -0.2) is 46.9 Å². The molecule has 4 heteroatoms. The highest BCUT2D eigenvalue weighted by atomic mass is 15.3. The summed E-state index contributed by atoms with van der Waals surface area (Å²) in [5, 5.41) is 7.88. The molecule has 0 aliphatic carbocycles. The molecule has 0 spiro atoms. The van der Waals surface area contributed by atoms with Crippen LogP contribution in [0.4, 0.5) is 0 Å². The molecular weight excluding hydrogens is 212 g/mol. The van der Waals surface area contributed by atoms with Crippen LogP contribution in [0, 0.1) is 5.92 Å². The van der Waals surface area contributed by atoms with Crippen LogP contribution < -0.4 is 5.32 Å². The van der Waals surface area contributed by atoms with E-state index in [4.69, 9.17) is 0 Å². The van der Waals surface area contributed by atoms with Crippen LogP contribution in [-0.2, 0) is 13.5 Å². The van der Waals surface area contributed by atoms with Crippen LogP contribution >= 0.6 is 0 Å². The molecule has 3 heterocycles. The molecule has 1 N–H and O–H groups in total. The van der Waals surface area contributed by atoms with Crippen molar-refractivity contribution in [3.8, 4) is 0 Å². The lowest BCUT2D eigenvalue weighted by Crippen LogP contribution is -2.40. The summed E-state index contributed by atoms with van der Waals surface area (Å²) in [4.78, 5) is 2.61. The van der Waals surface area contributed by atoms with Gasteiger partial charge >= 0.3 is 0 Å². The lowest BCUT2D eigenvalue weighted by Gasteiger charge is -2.24. The van der Waals surface area contributed by atoms with Crippen molar-refractivity contribution in [2.75, 3.05) is 26.2 Å². The Balaban J connectivity index is 1.52. The standard InChI is InChI=1S/C13H22N4/c1-16-12(4-7-15-16)5-8-17-9-11-3-2-6-14-13(11)10-17/h4,7,11,13-14H,2-3,5-6,8-10H2,1H3. The van der Waals surface area contributed by atoms with E-state index in [1.165, 1.54) is 44.7 Å². The smallest absolute Gasteiger partial charge is 0.0492 e. The quantitative estimate of drug-likeness (QED) is 0.833. The van der Waals surface area contributed by atoms with Crippen LogP contribution in [0.1, 0.15) is 18.5 Å². The Kier molecular flexibility index (Phi) is 3.16. The molecule has 2 saturated heterocycles. The summed E-state index contributed by atoms with van der Waals surface area (Å²) in [5.41, 5.74) is 1.34. The number of nitrogens with zero attached hydrogens (tertiary/aromatic N) is 3. The number of aromatic nitrogens is 2. The Bertz CT molecular complexity index is 359. The Morgan fingerprint density at radius 1 is 1.47 bits per heavy atom. The number of hydrogen-bond acceptors (Lipinski definition) is 3. The molecule has 0 amide bonds. The van der Waals surface area contributed by atoms with Crippen molar-refractivity contribution in [3.63, 3.8) is 0 Å². The third-order valence-corrected chi connectivity index (χ3v) is 4.28. The topological polar surface area (TPSA) is 33.1 Å². The van der Waals surface area contributed by atoms with Crippen LogP contribution in [0.2, 0.25) is 0 Å². The molecule has 1 aromatic rings. The molecule has 2 atom stereocenters. The molecule has 2 unspecified atom stereocenters. The predicted molar refractivity (Wildman–Crippen MR) is 67.9 cm³/mol. The molecular formula is C13H22N4. The van der Waals surface area contributed by atoms with Gasteiger partial charge in [-0.2, -0.15) is 5.10 Å². The van der Waals surface area contributed by atoms with E-state index in [-0.39, 0.29) is 0 Å². The lowest BCUT2D eigenvalue weighted by molar-refractivity contribution is 0.320. The first-order valence-electron chi connectivity index (χ1n) is 6.75. The van der Waals surface area contributed by atoms with E-state index in [0.29, 0.717) is 0 Å². The van der Waals surface area contributed by atoms with E-state index < -0.39 is 0 Å². The zero-order valence-electron chi connectivity index (χ0n) is 10.6. The fourth-order valence-electron chi connectivity index (χ4n) is 3.24. The average molecular weight is 234 g/mol. The van der Waals surface area contributed by atoms with Gasteiger partial charge < -0.3 is 10.2 Å². The SMILES string of the molecule is Cn1nccc1CCN1CC2CCCNC2C1. The molecule has 3 rings (SSSR count). The number of likely N-dealkylation sites (tertiary alicyclic amines) is 1. The van der Waals surface area contributed by atoms with E-state index in [1.807, 2.05) is 17.9 Å². The summed E-state index contributed by atoms with van der Waals surface area (Å²) < 4.78 is 1.99. The second-order valence-electron chi connectivity index (χ2n) is 5.42. The Labute approximate surface area is 103 Å². The predicted octanol–water partition coefficient (Wildman–Crippen LogP) is 0.646. The van der Waals surface area contributed by atoms with Crippen molar-refractivity contribution in [3.05, 3.63) is 18.0 Å². The highest BCUT2D eigenvalue weighted by Crippen LogP contribution is 2.24. The minimum Gasteiger partial charge on any atom is -0.312 e. The van der Waals surface area contributed by atoms with Crippen molar-refractivity contribution < 1.29 is 0 Å². The van der Waals surface area contributed by atoms with Gasteiger partial charge in [0.1, 0.15) is 0 Å². The van der Waals surface area contributed by atoms with Gasteiger partial charge in [0.05, 0.1) is 0 Å². The minimum atomic E-state index is 0.760. The highest BCUT2D eigenvalue weighted by molar-refractivity contribution is 5.01. The highest BCUT2D eigenvalue weighted by Gasteiger charge is 2.33. The van der Waals surface area contributed by atoms with Gasteiger partial charge in [-0.1, -0.05) is 0 Å². The third-order valence-electron chi connectivity index (χ3n) is 4.28. The Morgan fingerprint density at radius 3 is 3.18 bits per heavy atom. The normalized spacial score (nSPS) is 29.5. The molecule has 2 fully saturated rings. The van der Waals surface area contributed by atoms with Crippen molar-refractivity contribution in [1.29, 1.82) is 0 Å². The lowest BCUT2D eigenvalue weighted by atomic mass is 9.94. The summed E-state index contributed by atoms with van der Waals surface area (Å²) in [5.74, 6) is 0.898. The van der Waals surface area contributed by atoms with Crippen molar-refractivity contribution in [1.82, 2.24) is 20.0 Å². The number of nitrogens with one attached hydrogen (secondary N) is 1. The van der Waals surface area contributed by atoms with E-state index in [1.54, 1.807) is 0 Å². The summed E-state index contributed by atoms with van der Waals surface area (Å²) in [6.45, 7) is 4.92.